The molecule has 0 unspecified atom stereocenters. The van der Waals surface area contributed by atoms with Gasteiger partial charge in [-0.2, -0.15) is 0 Å². The molecule has 8 aromatic carbocycles. The summed E-state index contributed by atoms with van der Waals surface area (Å²) >= 11 is 24.5. The van der Waals surface area contributed by atoms with Gasteiger partial charge in [0, 0.05) is 67.6 Å². The van der Waals surface area contributed by atoms with Crippen LogP contribution in [-0.2, 0) is 0 Å². The molecule has 0 radical (unpaired) electrons. The smallest absolute Gasteiger partial charge is 0.261 e. The van der Waals surface area contributed by atoms with Gasteiger partial charge in [0.05, 0.1) is 116 Å². The minimum Gasteiger partial charge on any atom is -0.495 e. The fourth-order valence-corrected chi connectivity index (χ4v) is 19.8. The summed E-state index contributed by atoms with van der Waals surface area (Å²) in [4.78, 5) is 95.0. The number of hydrogen-bond donors (Lipinski definition) is 20. The number of fused-ring (bicyclic) bond motifs is 4. The van der Waals surface area contributed by atoms with Crippen LogP contribution in [-0.4, -0.2) is 173 Å². The molecule has 4 aliphatic heterocycles. The van der Waals surface area contributed by atoms with Crippen molar-refractivity contribution in [2.45, 2.75) is 115 Å². The largest absolute Gasteiger partial charge is 0.495 e. The van der Waals surface area contributed by atoms with E-state index in [4.69, 9.17) is 75.8 Å². The zero-order valence-corrected chi connectivity index (χ0v) is 81.4. The van der Waals surface area contributed by atoms with Crippen LogP contribution in [0.2, 0.25) is 20.1 Å². The topological polar surface area (TPSA) is 442 Å². The predicted octanol–water partition coefficient (Wildman–Crippen LogP) is 17.9. The molecule has 30 nitrogen and oxygen atoms in total. The zero-order valence-electron chi connectivity index (χ0n) is 78.4. The van der Waals surface area contributed by atoms with E-state index in [2.05, 4.69) is 158 Å². The number of piperidine rings is 3. The number of aliphatic hydroxyl groups excluding tert-OH is 4. The highest BCUT2D eigenvalue weighted by Gasteiger charge is 2.28. The van der Waals surface area contributed by atoms with E-state index in [1.807, 2.05) is 19.1 Å². The molecule has 0 spiro atoms. The van der Waals surface area contributed by atoms with Crippen molar-refractivity contribution in [2.75, 3.05) is 114 Å². The molecule has 16 aromatic rings. The summed E-state index contributed by atoms with van der Waals surface area (Å²) in [6.45, 7) is 17.0. The lowest BCUT2D eigenvalue weighted by Crippen LogP contribution is -2.26. The molecular weight excluding hydrogens is 1860 g/mol. The molecule has 12 heterocycles. The van der Waals surface area contributed by atoms with Crippen LogP contribution in [0.4, 0.5) is 22.7 Å². The monoisotopic (exact) mass is 1970 g/mol. The first kappa shape index (κ1) is 98.4. The number of nitrogens with one attached hydrogen (secondary N) is 16. The number of aryl methyl sites for hydroxylation is 4. The van der Waals surface area contributed by atoms with Crippen LogP contribution in [0.5, 0.6) is 11.5 Å². The average molecular weight is 1970 g/mol. The number of pyridine rings is 4. The average Bonchev–Trinajstić information content (AvgIpc) is 1.64. The van der Waals surface area contributed by atoms with E-state index in [1.165, 1.54) is 27.8 Å². The Kier molecular flexibility index (Phi) is 31.6. The number of hydrogen-bond acceptors (Lipinski definition) is 22. The van der Waals surface area contributed by atoms with E-state index >= 15 is 0 Å². The van der Waals surface area contributed by atoms with E-state index in [-0.39, 0.29) is 48.4 Å². The number of methoxy groups -OCH3 is 2. The van der Waals surface area contributed by atoms with Gasteiger partial charge in [-0.25, -0.2) is 19.9 Å². The van der Waals surface area contributed by atoms with Gasteiger partial charge in [-0.15, -0.1) is 0 Å². The van der Waals surface area contributed by atoms with E-state index < -0.39 is 24.4 Å². The number of anilines is 4. The van der Waals surface area contributed by atoms with Gasteiger partial charge in [-0.1, -0.05) is 107 Å². The Hall–Kier alpha value is -13.2. The van der Waals surface area contributed by atoms with Crippen LogP contribution >= 0.6 is 46.4 Å². The number of aromatic nitrogens is 12. The summed E-state index contributed by atoms with van der Waals surface area (Å²) in [5, 5.41) is 71.1. The zero-order chi connectivity index (χ0) is 97.8. The molecule has 0 aliphatic carbocycles. The molecular formula is C106H114Cl4N20O10. The van der Waals surface area contributed by atoms with Crippen LogP contribution in [0.3, 0.4) is 0 Å². The number of halogens is 4. The molecule has 34 heteroatoms. The summed E-state index contributed by atoms with van der Waals surface area (Å²) < 4.78 is 10.4. The fourth-order valence-electron chi connectivity index (χ4n) is 18.9. The highest BCUT2D eigenvalue weighted by molar-refractivity contribution is 6.32. The molecule has 726 valence electrons. The summed E-state index contributed by atoms with van der Waals surface area (Å²) in [6, 6.07) is 49.0. The highest BCUT2D eigenvalue weighted by Crippen LogP contribution is 2.40. The Bertz CT molecular complexity index is 7220. The van der Waals surface area contributed by atoms with Crippen molar-refractivity contribution in [3.63, 3.8) is 0 Å². The van der Waals surface area contributed by atoms with E-state index in [0.717, 1.165) is 164 Å². The predicted molar refractivity (Wildman–Crippen MR) is 560 cm³/mol. The minimum atomic E-state index is -0.848. The summed E-state index contributed by atoms with van der Waals surface area (Å²) in [5.41, 5.74) is 23.3. The number of rotatable bonds is 26. The maximum atomic E-state index is 12.9. The van der Waals surface area contributed by atoms with Gasteiger partial charge in [0.25, 0.3) is 22.2 Å². The molecule has 140 heavy (non-hydrogen) atoms. The lowest BCUT2D eigenvalue weighted by atomic mass is 9.89. The van der Waals surface area contributed by atoms with E-state index in [9.17, 15) is 39.6 Å². The van der Waals surface area contributed by atoms with Gasteiger partial charge in [0.1, 0.15) is 57.1 Å². The van der Waals surface area contributed by atoms with Gasteiger partial charge in [0.2, 0.25) is 0 Å². The Morgan fingerprint density at radius 3 is 0.964 bits per heavy atom. The molecule has 8 aromatic heterocycles. The molecule has 3 fully saturated rings. The first-order valence-electron chi connectivity index (χ1n) is 47.1. The number of aliphatic hydroxyl groups is 4. The quantitative estimate of drug-likeness (QED) is 0.0239. The Morgan fingerprint density at radius 2 is 0.671 bits per heavy atom. The van der Waals surface area contributed by atoms with Crippen LogP contribution in [0.15, 0.2) is 208 Å². The second kappa shape index (κ2) is 45.0. The number of benzene rings is 8. The van der Waals surface area contributed by atoms with E-state index in [0.29, 0.717) is 140 Å². The number of imidazole rings is 4. The summed E-state index contributed by atoms with van der Waals surface area (Å²) in [6.07, 6.45) is 13.0. The van der Waals surface area contributed by atoms with E-state index in [1.54, 1.807) is 136 Å². The standard InChI is InChI=1S/C27H30ClN5O3.C27H28ClN5O3.2C26H28ClN5O2/c2*1-15-11-18(16-5-8-29-9-6-16)13-21-25(15)33-26(32-21)24-20(7-10-30-27(24)35)31-14-22(34)17-3-4-23(36-2)19(28)12-17;2*1-15-11-18(16-5-8-28-9-6-16)13-21-24(15)32-25(31-21)23-20(7-10-29-26(23)34)30-14-22(33)17-3-2-4-19(27)12-17/h3-4,7,10-13,16,22,29,34H,5-6,8-9,14H2,1-2H3,(H,32,33)(H2,30,31,35);3-5,7,10-13,22,29,34H,6,8-9,14H2,1-2H3,(H,32,33)(H2,30,31,35);2*2-4,7,10-13,16,22,28,33H,5-6,8-9,14H2,1H3,(H,31,32)(H2,29,30,34)/t4*22-/m1111/s1. The van der Waals surface area contributed by atoms with Crippen molar-refractivity contribution < 1.29 is 29.9 Å². The number of ether oxygens (including phenoxy) is 2. The number of aromatic amines is 8. The summed E-state index contributed by atoms with van der Waals surface area (Å²) in [5.74, 6) is 4.62. The first-order valence-corrected chi connectivity index (χ1v) is 48.7. The molecule has 4 atom stereocenters. The maximum absolute atomic E-state index is 12.9. The first-order chi connectivity index (χ1) is 67.9. The normalized spacial score (nSPS) is 15.2. The van der Waals surface area contributed by atoms with Gasteiger partial charge < -0.3 is 112 Å². The van der Waals surface area contributed by atoms with Crippen molar-refractivity contribution in [1.29, 1.82) is 0 Å². The molecule has 20 N–H and O–H groups in total. The van der Waals surface area contributed by atoms with Crippen molar-refractivity contribution in [2.24, 2.45) is 0 Å². The fraction of sp³-hybridized carbons (Fsp3) is 0.302. The molecule has 20 rings (SSSR count). The molecule has 0 saturated carbocycles. The molecule has 3 saturated heterocycles. The Labute approximate surface area is 827 Å². The SMILES string of the molecule is COc1ccc([C@H](O)CNc2cc[nH]c(=O)c2-c2nc3c(C)cc(C4=CCNCC4)cc3[nH]2)cc1Cl.COc1ccc([C@H](O)CNc2cc[nH]c(=O)c2-c2nc3c(C)cc(C4CCNCC4)cc3[nH]2)cc1Cl.Cc1cc(C2CCNCC2)cc2[nH]c(-c3c(NC[C@@H](O)c4cccc(Cl)c4)cc[nH]c3=O)nc12.Cc1cc(C2CCNCC2)cc2[nH]c(-c3c(NC[C@@H](O)c4cccc(Cl)c4)cc[nH]c3=O)nc12. The van der Waals surface area contributed by atoms with Gasteiger partial charge >= 0.3 is 0 Å². The number of H-pyrrole nitrogens is 8. The van der Waals surface area contributed by atoms with Crippen LogP contribution in [0.1, 0.15) is 154 Å². The van der Waals surface area contributed by atoms with Gasteiger partial charge in [0.15, 0.2) is 0 Å². The van der Waals surface area contributed by atoms with Crippen molar-refractivity contribution in [1.82, 2.24) is 81.1 Å². The lowest BCUT2D eigenvalue weighted by molar-refractivity contribution is 0.191. The van der Waals surface area contributed by atoms with Gasteiger partial charge in [-0.3, -0.25) is 19.2 Å². The molecule has 0 amide bonds. The Morgan fingerprint density at radius 1 is 0.364 bits per heavy atom. The molecule has 4 aliphatic rings. The Balaban J connectivity index is 0.000000129. The highest BCUT2D eigenvalue weighted by atomic mass is 35.5. The number of nitrogens with zero attached hydrogens (tertiary/aromatic N) is 4. The van der Waals surface area contributed by atoms with Crippen molar-refractivity contribution >= 4 is 119 Å². The minimum absolute atomic E-state index is 0.171. The van der Waals surface area contributed by atoms with Crippen molar-refractivity contribution in [3.8, 4) is 57.1 Å². The van der Waals surface area contributed by atoms with Crippen LogP contribution in [0.25, 0.3) is 95.3 Å². The molecule has 0 bridgehead atoms. The van der Waals surface area contributed by atoms with Crippen LogP contribution < -0.4 is 74.2 Å². The third-order valence-electron chi connectivity index (χ3n) is 26.4. The second-order valence-electron chi connectivity index (χ2n) is 35.9. The third kappa shape index (κ3) is 22.9. The lowest BCUT2D eigenvalue weighted by Gasteiger charge is -2.23. The second-order valence-corrected chi connectivity index (χ2v) is 37.5. The van der Waals surface area contributed by atoms with Crippen LogP contribution in [0, 0.1) is 27.7 Å². The van der Waals surface area contributed by atoms with Gasteiger partial charge in [-0.05, 0) is 312 Å². The maximum Gasteiger partial charge on any atom is 0.261 e. The van der Waals surface area contributed by atoms with Crippen molar-refractivity contribution in [3.05, 3.63) is 317 Å². The summed E-state index contributed by atoms with van der Waals surface area (Å²) in [7, 11) is 3.08. The third-order valence-corrected chi connectivity index (χ3v) is 27.4.